The second kappa shape index (κ2) is 4.36. The number of hydrogen-bond acceptors (Lipinski definition) is 0. The fourth-order valence-electron chi connectivity index (χ4n) is 0.697. The molecule has 0 saturated carbocycles. The number of rotatable bonds is 3. The highest BCUT2D eigenvalue weighted by Gasteiger charge is 2.00. The van der Waals surface area contributed by atoms with Crippen molar-refractivity contribution in [2.24, 2.45) is 0 Å². The Balaban J connectivity index is 2.83. The van der Waals surface area contributed by atoms with Gasteiger partial charge in [0.2, 0.25) is 0 Å². The summed E-state index contributed by atoms with van der Waals surface area (Å²) in [7, 11) is 2.68. The third-order valence-corrected chi connectivity index (χ3v) is 1.48. The van der Waals surface area contributed by atoms with Crippen molar-refractivity contribution in [3.05, 3.63) is 0 Å². The van der Waals surface area contributed by atoms with E-state index in [0.29, 0.717) is 0 Å². The molecule has 0 rings (SSSR count). The molecule has 0 aliphatic rings. The van der Waals surface area contributed by atoms with E-state index < -0.39 is 0 Å². The fourth-order valence-corrected chi connectivity index (χ4v) is 0.697. The van der Waals surface area contributed by atoms with E-state index in [2.05, 4.69) is 20.5 Å². The van der Waals surface area contributed by atoms with Crippen molar-refractivity contribution >= 4 is 21.1 Å². The summed E-state index contributed by atoms with van der Waals surface area (Å²) in [4.78, 5) is 0. The third-order valence-electron chi connectivity index (χ3n) is 1.48. The van der Waals surface area contributed by atoms with Crippen LogP contribution in [0, 0.1) is 0 Å². The topological polar surface area (TPSA) is 0 Å². The van der Waals surface area contributed by atoms with Gasteiger partial charge >= 0.3 is 0 Å². The molecule has 0 aromatic heterocycles. The van der Waals surface area contributed by atoms with Crippen molar-refractivity contribution in [3.63, 3.8) is 0 Å². The monoisotopic (exact) mass is 94.1 g/mol. The van der Waals surface area contributed by atoms with Crippen molar-refractivity contribution in [2.45, 2.75) is 26.7 Å². The van der Waals surface area contributed by atoms with E-state index in [-0.39, 0.29) is 0 Å². The Morgan fingerprint density at radius 3 is 2.14 bits per heavy atom. The first-order chi connectivity index (χ1) is 3.31. The van der Waals surface area contributed by atoms with Crippen molar-refractivity contribution in [2.75, 3.05) is 0 Å². The van der Waals surface area contributed by atoms with Gasteiger partial charge in [0.25, 0.3) is 0 Å². The second-order valence-corrected chi connectivity index (χ2v) is 2.30. The number of hydrogen-bond donors (Lipinski definition) is 0. The van der Waals surface area contributed by atoms with Crippen molar-refractivity contribution in [3.8, 4) is 0 Å². The Bertz CT molecular complexity index is 37.9. The van der Waals surface area contributed by atoms with E-state index in [1.165, 1.54) is 20.7 Å². The van der Waals surface area contributed by atoms with Crippen LogP contribution in [-0.4, -0.2) is 21.1 Å². The average Bonchev–Trinajstić information content (AvgIpc) is 1.68. The summed E-state index contributed by atoms with van der Waals surface area (Å²) in [6.45, 7) is 7.75. The van der Waals surface area contributed by atoms with E-state index in [0.717, 1.165) is 6.60 Å². The van der Waals surface area contributed by atoms with Crippen LogP contribution in [0.15, 0.2) is 0 Å². The molecule has 0 saturated heterocycles. The van der Waals surface area contributed by atoms with Gasteiger partial charge in [-0.2, -0.15) is 0 Å². The molecule has 0 aliphatic carbocycles. The van der Waals surface area contributed by atoms with Gasteiger partial charge in [0.15, 0.2) is 0 Å². The summed E-state index contributed by atoms with van der Waals surface area (Å²) < 4.78 is 0. The lowest BCUT2D eigenvalue weighted by atomic mass is 9.18. The molecule has 38 valence electrons. The van der Waals surface area contributed by atoms with Gasteiger partial charge in [0.05, 0.1) is 13.8 Å². The molecule has 0 aliphatic heterocycles. The van der Waals surface area contributed by atoms with Crippen molar-refractivity contribution in [1.82, 2.24) is 0 Å². The van der Waals surface area contributed by atoms with Gasteiger partial charge in [0.1, 0.15) is 7.28 Å². The van der Waals surface area contributed by atoms with E-state index in [9.17, 15) is 0 Å². The highest BCUT2D eigenvalue weighted by atomic mass is 13.4. The van der Waals surface area contributed by atoms with E-state index in [1.807, 2.05) is 0 Å². The van der Waals surface area contributed by atoms with Crippen molar-refractivity contribution in [1.29, 1.82) is 0 Å². The van der Waals surface area contributed by atoms with Gasteiger partial charge < -0.3 is 0 Å². The Morgan fingerprint density at radius 2 is 2.00 bits per heavy atom. The summed E-state index contributed by atoms with van der Waals surface area (Å²) in [6.07, 6.45) is 1.40. The van der Waals surface area contributed by atoms with Crippen LogP contribution in [-0.2, 0) is 0 Å². The van der Waals surface area contributed by atoms with Crippen LogP contribution in [0.5, 0.6) is 0 Å². The van der Waals surface area contributed by atoms with Crippen LogP contribution in [0.25, 0.3) is 0 Å². The third kappa shape index (κ3) is 4.04. The van der Waals surface area contributed by atoms with Crippen LogP contribution in [0.3, 0.4) is 0 Å². The lowest BCUT2D eigenvalue weighted by molar-refractivity contribution is 1.88. The minimum Gasteiger partial charge on any atom is -0.105 e. The SMILES string of the molecule is CBCB(C)BC. The van der Waals surface area contributed by atoms with Gasteiger partial charge in [-0.05, 0) is 0 Å². The Kier molecular flexibility index (Phi) is 4.48. The molecule has 0 nitrogen and oxygen atoms in total. The zero-order valence-corrected chi connectivity index (χ0v) is 5.70. The second-order valence-electron chi connectivity index (χ2n) is 2.30. The molecule has 0 radical (unpaired) electrons. The van der Waals surface area contributed by atoms with Crippen molar-refractivity contribution < 1.29 is 0 Å². The summed E-state index contributed by atoms with van der Waals surface area (Å²) in [5.74, 6) is 0. The zero-order chi connectivity index (χ0) is 5.70. The predicted molar refractivity (Wildman–Crippen MR) is 42.5 cm³/mol. The van der Waals surface area contributed by atoms with Crippen LogP contribution >= 0.6 is 0 Å². The normalized spacial score (nSPS) is 7.86. The lowest BCUT2D eigenvalue weighted by Crippen LogP contribution is -2.15. The predicted octanol–water partition coefficient (Wildman–Crippen LogP) is 0.534. The summed E-state index contributed by atoms with van der Waals surface area (Å²) in [6, 6.07) is 0. The first-order valence-electron chi connectivity index (χ1n) is 3.31. The van der Waals surface area contributed by atoms with E-state index >= 15 is 0 Å². The maximum atomic E-state index is 2.31. The van der Waals surface area contributed by atoms with Crippen LogP contribution < -0.4 is 0 Å². The quantitative estimate of drug-likeness (QED) is 0.447. The molecule has 0 bridgehead atoms. The molecule has 0 amide bonds. The maximum Gasteiger partial charge on any atom is 0.109 e. The van der Waals surface area contributed by atoms with Gasteiger partial charge in [-0.1, -0.05) is 20.5 Å². The van der Waals surface area contributed by atoms with Gasteiger partial charge in [0, 0.05) is 0 Å². The molecule has 3 heteroatoms. The van der Waals surface area contributed by atoms with Gasteiger partial charge in [-0.25, -0.2) is 0 Å². The highest BCUT2D eigenvalue weighted by Crippen LogP contribution is 1.85. The minimum absolute atomic E-state index is 0.949. The molecule has 7 heavy (non-hydrogen) atoms. The molecule has 0 fully saturated rings. The first-order valence-corrected chi connectivity index (χ1v) is 3.31. The average molecular weight is 93.6 g/mol. The Labute approximate surface area is 48.6 Å². The zero-order valence-electron chi connectivity index (χ0n) is 5.70. The molecule has 0 aromatic carbocycles. The molecule has 0 N–H and O–H groups in total. The van der Waals surface area contributed by atoms with Crippen LogP contribution in [0.2, 0.25) is 26.7 Å². The smallest absolute Gasteiger partial charge is 0.105 e. The highest BCUT2D eigenvalue weighted by molar-refractivity contribution is 7.13. The summed E-state index contributed by atoms with van der Waals surface area (Å²) in [5, 5.41) is 0. The van der Waals surface area contributed by atoms with Gasteiger partial charge in [-0.3, -0.25) is 0 Å². The van der Waals surface area contributed by atoms with E-state index in [4.69, 9.17) is 0 Å². The van der Waals surface area contributed by atoms with Crippen LogP contribution in [0.4, 0.5) is 0 Å². The minimum atomic E-state index is 0.949. The largest absolute Gasteiger partial charge is 0.109 e. The molecule has 0 aromatic rings. The molecule has 0 spiro atoms. The van der Waals surface area contributed by atoms with E-state index in [1.54, 1.807) is 0 Å². The Morgan fingerprint density at radius 1 is 1.43 bits per heavy atom. The molecule has 0 unspecified atom stereocenters. The lowest BCUT2D eigenvalue weighted by Gasteiger charge is -1.95. The standard InChI is InChI=1S/C4H13B3/c1-5-4-7(3)6-2/h5-6H,4H2,1-3H3. The summed E-state index contributed by atoms with van der Waals surface area (Å²) >= 11 is 0. The molecule has 0 heterocycles. The molecular weight excluding hydrogens is 80.5 g/mol. The first kappa shape index (κ1) is 7.19. The summed E-state index contributed by atoms with van der Waals surface area (Å²) in [5.41, 5.74) is 0. The van der Waals surface area contributed by atoms with Gasteiger partial charge in [-0.15, -0.1) is 6.22 Å². The molecule has 0 atom stereocenters. The maximum absolute atomic E-state index is 2.31. The fraction of sp³-hybridized carbons (Fsp3) is 1.00. The van der Waals surface area contributed by atoms with Crippen LogP contribution in [0.1, 0.15) is 0 Å². The Hall–Kier alpha value is 0.195. The molecular formula is C4H13B3.